The van der Waals surface area contributed by atoms with Crippen LogP contribution in [0.4, 0.5) is 0 Å². The van der Waals surface area contributed by atoms with E-state index in [1.165, 1.54) is 21.1 Å². The molecule has 0 atom stereocenters. The average Bonchev–Trinajstić information content (AvgIpc) is 2.72. The summed E-state index contributed by atoms with van der Waals surface area (Å²) in [6.07, 6.45) is 2.04. The van der Waals surface area contributed by atoms with E-state index in [0.29, 0.717) is 5.92 Å². The van der Waals surface area contributed by atoms with E-state index >= 15 is 0 Å². The maximum atomic E-state index is 5.94. The van der Waals surface area contributed by atoms with Gasteiger partial charge in [-0.1, -0.05) is 44.5 Å². The van der Waals surface area contributed by atoms with Gasteiger partial charge in [-0.15, -0.1) is 11.3 Å². The number of benzene rings is 1. The van der Waals surface area contributed by atoms with Gasteiger partial charge >= 0.3 is 0 Å². The molecule has 0 aliphatic heterocycles. The van der Waals surface area contributed by atoms with Crippen LogP contribution in [0, 0.1) is 5.92 Å². The van der Waals surface area contributed by atoms with Crippen molar-refractivity contribution >= 4 is 22.9 Å². The Balaban J connectivity index is 2.41. The summed E-state index contributed by atoms with van der Waals surface area (Å²) in [5, 5.41) is 2.00. The van der Waals surface area contributed by atoms with E-state index in [1.807, 2.05) is 12.1 Å². The molecule has 1 heterocycles. The monoisotopic (exact) mass is 279 g/mol. The lowest BCUT2D eigenvalue weighted by atomic mass is 10.0. The minimum atomic E-state index is 0.628. The van der Waals surface area contributed by atoms with E-state index in [4.69, 9.17) is 16.6 Å². The van der Waals surface area contributed by atoms with Gasteiger partial charge in [0.25, 0.3) is 0 Å². The van der Waals surface area contributed by atoms with Crippen molar-refractivity contribution in [3.05, 3.63) is 40.0 Å². The van der Waals surface area contributed by atoms with E-state index in [1.54, 1.807) is 11.3 Å². The number of hydrogen-bond acceptors (Lipinski definition) is 2. The van der Waals surface area contributed by atoms with Crippen molar-refractivity contribution in [1.29, 1.82) is 0 Å². The van der Waals surface area contributed by atoms with Crippen molar-refractivity contribution in [3.63, 3.8) is 0 Å². The van der Waals surface area contributed by atoms with Crippen molar-refractivity contribution in [3.8, 4) is 10.4 Å². The lowest BCUT2D eigenvalue weighted by molar-refractivity contribution is 0.637. The minimum absolute atomic E-state index is 0.628. The Hall–Kier alpha value is -0.860. The molecule has 0 aliphatic rings. The molecule has 2 rings (SSSR count). The molecule has 0 unspecified atom stereocenters. The van der Waals surface area contributed by atoms with Gasteiger partial charge in [-0.25, -0.2) is 4.98 Å². The quantitative estimate of drug-likeness (QED) is 0.747. The summed E-state index contributed by atoms with van der Waals surface area (Å²) in [4.78, 5) is 6.06. The summed E-state index contributed by atoms with van der Waals surface area (Å²) in [5.41, 5.74) is 2.46. The summed E-state index contributed by atoms with van der Waals surface area (Å²) in [6.45, 7) is 6.62. The highest BCUT2D eigenvalue weighted by atomic mass is 35.5. The molecule has 0 saturated heterocycles. The Kier molecular flexibility index (Phi) is 4.41. The van der Waals surface area contributed by atoms with Gasteiger partial charge in [0, 0.05) is 5.02 Å². The molecular formula is C15H18ClNS. The zero-order valence-corrected chi connectivity index (χ0v) is 12.6. The van der Waals surface area contributed by atoms with E-state index in [0.717, 1.165) is 17.9 Å². The third kappa shape index (κ3) is 3.12. The van der Waals surface area contributed by atoms with Crippen LogP contribution in [0.1, 0.15) is 31.5 Å². The highest BCUT2D eigenvalue weighted by Crippen LogP contribution is 2.32. The molecule has 0 spiro atoms. The molecule has 18 heavy (non-hydrogen) atoms. The Morgan fingerprint density at radius 1 is 1.22 bits per heavy atom. The summed E-state index contributed by atoms with van der Waals surface area (Å²) in [6, 6.07) is 8.06. The van der Waals surface area contributed by atoms with Crippen molar-refractivity contribution in [2.75, 3.05) is 0 Å². The standard InChI is InChI=1S/C15H18ClNS/c1-4-14-17-13(9-10(2)3)15(18-14)11-5-7-12(16)8-6-11/h5-8,10H,4,9H2,1-3H3. The smallest absolute Gasteiger partial charge is 0.0932 e. The molecular weight excluding hydrogens is 262 g/mol. The highest BCUT2D eigenvalue weighted by Gasteiger charge is 2.13. The first-order valence-corrected chi connectivity index (χ1v) is 7.54. The number of aryl methyl sites for hydroxylation is 1. The normalized spacial score (nSPS) is 11.2. The third-order valence-corrected chi connectivity index (χ3v) is 4.30. The predicted octanol–water partition coefficient (Wildman–Crippen LogP) is 5.22. The van der Waals surface area contributed by atoms with Crippen molar-refractivity contribution in [2.45, 2.75) is 33.6 Å². The Morgan fingerprint density at radius 3 is 2.44 bits per heavy atom. The van der Waals surface area contributed by atoms with Crippen molar-refractivity contribution in [1.82, 2.24) is 4.98 Å². The van der Waals surface area contributed by atoms with Gasteiger partial charge in [0.15, 0.2) is 0 Å². The number of aromatic nitrogens is 1. The van der Waals surface area contributed by atoms with Crippen LogP contribution in [-0.4, -0.2) is 4.98 Å². The van der Waals surface area contributed by atoms with Gasteiger partial charge in [0.2, 0.25) is 0 Å². The second-order valence-corrected chi connectivity index (χ2v) is 6.36. The van der Waals surface area contributed by atoms with Crippen LogP contribution in [0.2, 0.25) is 5.02 Å². The molecule has 1 aromatic heterocycles. The van der Waals surface area contributed by atoms with Gasteiger partial charge in [-0.2, -0.15) is 0 Å². The SMILES string of the molecule is CCc1nc(CC(C)C)c(-c2ccc(Cl)cc2)s1. The molecule has 96 valence electrons. The molecule has 1 nitrogen and oxygen atoms in total. The average molecular weight is 280 g/mol. The summed E-state index contributed by atoms with van der Waals surface area (Å²) < 4.78 is 0. The zero-order chi connectivity index (χ0) is 13.1. The molecule has 0 saturated carbocycles. The molecule has 1 aromatic carbocycles. The largest absolute Gasteiger partial charge is 0.246 e. The van der Waals surface area contributed by atoms with Crippen LogP contribution in [-0.2, 0) is 12.8 Å². The fraction of sp³-hybridized carbons (Fsp3) is 0.400. The third-order valence-electron chi connectivity index (χ3n) is 2.75. The molecule has 0 aliphatic carbocycles. The van der Waals surface area contributed by atoms with Crippen LogP contribution < -0.4 is 0 Å². The number of thiazole rings is 1. The minimum Gasteiger partial charge on any atom is -0.246 e. The first kappa shape index (κ1) is 13.6. The van der Waals surface area contributed by atoms with Gasteiger partial charge in [-0.3, -0.25) is 0 Å². The van der Waals surface area contributed by atoms with Crippen LogP contribution in [0.3, 0.4) is 0 Å². The van der Waals surface area contributed by atoms with Crippen LogP contribution in [0.15, 0.2) is 24.3 Å². The molecule has 0 amide bonds. The lowest BCUT2D eigenvalue weighted by Gasteiger charge is -2.05. The zero-order valence-electron chi connectivity index (χ0n) is 11.0. The van der Waals surface area contributed by atoms with Crippen molar-refractivity contribution in [2.24, 2.45) is 5.92 Å². The molecule has 0 radical (unpaired) electrons. The fourth-order valence-corrected chi connectivity index (χ4v) is 3.07. The number of halogens is 1. The molecule has 2 aromatic rings. The predicted molar refractivity (Wildman–Crippen MR) is 80.5 cm³/mol. The van der Waals surface area contributed by atoms with Gasteiger partial charge in [0.05, 0.1) is 15.6 Å². The van der Waals surface area contributed by atoms with Crippen LogP contribution >= 0.6 is 22.9 Å². The van der Waals surface area contributed by atoms with Gasteiger partial charge in [-0.05, 0) is 36.5 Å². The maximum absolute atomic E-state index is 5.94. The summed E-state index contributed by atoms with van der Waals surface area (Å²) in [7, 11) is 0. The second-order valence-electron chi connectivity index (χ2n) is 4.84. The number of hydrogen-bond donors (Lipinski definition) is 0. The maximum Gasteiger partial charge on any atom is 0.0932 e. The van der Waals surface area contributed by atoms with E-state index < -0.39 is 0 Å². The van der Waals surface area contributed by atoms with Crippen LogP contribution in [0.5, 0.6) is 0 Å². The highest BCUT2D eigenvalue weighted by molar-refractivity contribution is 7.15. The summed E-state index contributed by atoms with van der Waals surface area (Å²) in [5.74, 6) is 0.628. The van der Waals surface area contributed by atoms with Gasteiger partial charge < -0.3 is 0 Å². The number of rotatable bonds is 4. The first-order valence-electron chi connectivity index (χ1n) is 6.34. The van der Waals surface area contributed by atoms with Crippen LogP contribution in [0.25, 0.3) is 10.4 Å². The fourth-order valence-electron chi connectivity index (χ4n) is 1.90. The number of nitrogens with zero attached hydrogens (tertiary/aromatic N) is 1. The van der Waals surface area contributed by atoms with Crippen molar-refractivity contribution < 1.29 is 0 Å². The Labute approximate surface area is 118 Å². The van der Waals surface area contributed by atoms with E-state index in [9.17, 15) is 0 Å². The molecule has 0 N–H and O–H groups in total. The van der Waals surface area contributed by atoms with E-state index in [-0.39, 0.29) is 0 Å². The Bertz CT molecular complexity index is 514. The van der Waals surface area contributed by atoms with Gasteiger partial charge in [0.1, 0.15) is 0 Å². The second kappa shape index (κ2) is 5.85. The Morgan fingerprint density at radius 2 is 1.89 bits per heavy atom. The molecule has 0 fully saturated rings. The molecule has 3 heteroatoms. The lowest BCUT2D eigenvalue weighted by Crippen LogP contribution is -1.96. The topological polar surface area (TPSA) is 12.9 Å². The summed E-state index contributed by atoms with van der Waals surface area (Å²) >= 11 is 7.75. The first-order chi connectivity index (χ1) is 8.60. The van der Waals surface area contributed by atoms with E-state index in [2.05, 4.69) is 32.9 Å². The molecule has 0 bridgehead atoms.